The normalized spacial score (nSPS) is 21.6. The number of aliphatic hydroxyl groups excluding tert-OH is 1. The van der Waals surface area contributed by atoms with Gasteiger partial charge in [0.25, 0.3) is 0 Å². The van der Waals surface area contributed by atoms with Crippen molar-refractivity contribution in [2.24, 2.45) is 0 Å². The lowest BCUT2D eigenvalue weighted by Crippen LogP contribution is -2.35. The van der Waals surface area contributed by atoms with Gasteiger partial charge in [-0.3, -0.25) is 0 Å². The van der Waals surface area contributed by atoms with Crippen LogP contribution in [0.2, 0.25) is 5.02 Å². The fraction of sp³-hybridized carbons (Fsp3) is 0.419. The van der Waals surface area contributed by atoms with Gasteiger partial charge in [0.2, 0.25) is 0 Å². The van der Waals surface area contributed by atoms with Crippen LogP contribution in [0.3, 0.4) is 0 Å². The third-order valence-corrected chi connectivity index (χ3v) is 7.25. The molecule has 0 unspecified atom stereocenters. The lowest BCUT2D eigenvalue weighted by atomic mass is 9.94. The van der Waals surface area contributed by atoms with Crippen molar-refractivity contribution >= 4 is 11.6 Å². The third kappa shape index (κ3) is 7.79. The quantitative estimate of drug-likeness (QED) is 0.283. The summed E-state index contributed by atoms with van der Waals surface area (Å²) in [6, 6.07) is 24.4. The second-order valence-electron chi connectivity index (χ2n) is 9.91. The van der Waals surface area contributed by atoms with Crippen LogP contribution in [0, 0.1) is 0 Å². The van der Waals surface area contributed by atoms with Crippen LogP contribution in [-0.2, 0) is 27.2 Å². The van der Waals surface area contributed by atoms with Gasteiger partial charge in [-0.1, -0.05) is 66.2 Å². The summed E-state index contributed by atoms with van der Waals surface area (Å²) in [5.74, 6) is 0.843. The van der Waals surface area contributed by atoms with E-state index in [1.807, 2.05) is 42.5 Å². The summed E-state index contributed by atoms with van der Waals surface area (Å²) in [6.45, 7) is 1.72. The lowest BCUT2D eigenvalue weighted by Gasteiger charge is -2.35. The monoisotopic (exact) mass is 522 g/mol. The molecule has 2 aliphatic rings. The molecule has 0 bridgehead atoms. The van der Waals surface area contributed by atoms with Crippen LogP contribution in [0.25, 0.3) is 0 Å². The maximum Gasteiger partial charge on any atom is 0.119 e. The number of halogens is 1. The average Bonchev–Trinajstić information content (AvgIpc) is 3.77. The van der Waals surface area contributed by atoms with Crippen molar-refractivity contribution in [3.05, 3.63) is 100 Å². The van der Waals surface area contributed by atoms with Gasteiger partial charge in [0.05, 0.1) is 44.2 Å². The van der Waals surface area contributed by atoms with E-state index in [1.54, 1.807) is 0 Å². The van der Waals surface area contributed by atoms with Gasteiger partial charge in [-0.05, 0) is 59.7 Å². The molecule has 0 radical (unpaired) electrons. The summed E-state index contributed by atoms with van der Waals surface area (Å²) < 4.78 is 23.9. The van der Waals surface area contributed by atoms with Crippen molar-refractivity contribution < 1.29 is 24.1 Å². The molecule has 6 heteroatoms. The summed E-state index contributed by atoms with van der Waals surface area (Å²) in [6.07, 6.45) is 4.54. The van der Waals surface area contributed by atoms with Crippen LogP contribution in [0.15, 0.2) is 72.8 Å². The first-order chi connectivity index (χ1) is 18.2. The summed E-state index contributed by atoms with van der Waals surface area (Å²) in [5, 5.41) is 10.6. The Kier molecular flexibility index (Phi) is 9.14. The largest absolute Gasteiger partial charge is 0.491 e. The molecular weight excluding hydrogens is 488 g/mol. The van der Waals surface area contributed by atoms with Gasteiger partial charge >= 0.3 is 0 Å². The van der Waals surface area contributed by atoms with E-state index in [0.717, 1.165) is 39.4 Å². The second kappa shape index (κ2) is 12.9. The molecule has 2 fully saturated rings. The third-order valence-electron chi connectivity index (χ3n) is 6.88. The maximum atomic E-state index is 9.85. The zero-order valence-electron chi connectivity index (χ0n) is 21.1. The first kappa shape index (κ1) is 26.2. The van der Waals surface area contributed by atoms with E-state index in [1.165, 1.54) is 12.8 Å². The Morgan fingerprint density at radius 1 is 0.838 bits per heavy atom. The first-order valence-corrected chi connectivity index (χ1v) is 13.6. The van der Waals surface area contributed by atoms with Gasteiger partial charge in [0.1, 0.15) is 12.4 Å². The van der Waals surface area contributed by atoms with Crippen LogP contribution in [-0.4, -0.2) is 43.2 Å². The number of benzene rings is 3. The summed E-state index contributed by atoms with van der Waals surface area (Å²) in [7, 11) is 0. The van der Waals surface area contributed by atoms with Crippen molar-refractivity contribution in [1.82, 2.24) is 0 Å². The summed E-state index contributed by atoms with van der Waals surface area (Å²) >= 11 is 6.59. The van der Waals surface area contributed by atoms with E-state index in [-0.39, 0.29) is 24.9 Å². The van der Waals surface area contributed by atoms with Crippen LogP contribution in [0.4, 0.5) is 0 Å². The molecule has 1 aliphatic carbocycles. The Balaban J connectivity index is 1.20. The Labute approximate surface area is 224 Å². The van der Waals surface area contributed by atoms with Crippen molar-refractivity contribution in [3.8, 4) is 5.75 Å². The van der Waals surface area contributed by atoms with E-state index >= 15 is 0 Å². The molecule has 3 aromatic rings. The number of hydrogen-bond donors (Lipinski definition) is 1. The average molecular weight is 523 g/mol. The molecule has 196 valence electrons. The van der Waals surface area contributed by atoms with Crippen molar-refractivity contribution in [3.63, 3.8) is 0 Å². The second-order valence-corrected chi connectivity index (χ2v) is 10.3. The van der Waals surface area contributed by atoms with Gasteiger partial charge in [0, 0.05) is 17.9 Å². The zero-order chi connectivity index (χ0) is 25.5. The van der Waals surface area contributed by atoms with E-state index in [4.69, 9.17) is 30.5 Å². The summed E-state index contributed by atoms with van der Waals surface area (Å²) in [5.41, 5.74) is 4.40. The maximum absolute atomic E-state index is 9.85. The predicted octanol–water partition coefficient (Wildman–Crippen LogP) is 6.29. The molecular formula is C31H35ClO5. The van der Waals surface area contributed by atoms with Gasteiger partial charge in [-0.2, -0.15) is 0 Å². The Hall–Kier alpha value is -2.41. The van der Waals surface area contributed by atoms with Crippen molar-refractivity contribution in [2.75, 3.05) is 19.8 Å². The van der Waals surface area contributed by atoms with E-state index in [2.05, 4.69) is 30.3 Å². The molecule has 3 aromatic carbocycles. The van der Waals surface area contributed by atoms with Gasteiger partial charge in [0.15, 0.2) is 0 Å². The molecule has 5 nitrogen and oxygen atoms in total. The topological polar surface area (TPSA) is 57.2 Å². The highest BCUT2D eigenvalue weighted by Gasteiger charge is 2.31. The first-order valence-electron chi connectivity index (χ1n) is 13.2. The van der Waals surface area contributed by atoms with Crippen LogP contribution in [0.5, 0.6) is 5.75 Å². The highest BCUT2D eigenvalue weighted by atomic mass is 35.5. The summed E-state index contributed by atoms with van der Waals surface area (Å²) in [4.78, 5) is 0. The lowest BCUT2D eigenvalue weighted by molar-refractivity contribution is -0.133. The van der Waals surface area contributed by atoms with Crippen molar-refractivity contribution in [1.29, 1.82) is 0 Å². The Bertz CT molecular complexity index is 1120. The smallest absolute Gasteiger partial charge is 0.119 e. The fourth-order valence-electron chi connectivity index (χ4n) is 4.69. The minimum atomic E-state index is -0.249. The van der Waals surface area contributed by atoms with Crippen LogP contribution in [0.1, 0.15) is 54.0 Å². The van der Waals surface area contributed by atoms with E-state index < -0.39 is 0 Å². The molecule has 1 N–H and O–H groups in total. The SMILES string of the molecule is OC[C@@H]1C[C@H](OCc2ccccc2)C[C@H](c2ccc(Cl)c(Cc3ccc(OCCOC4CC4)cc3)c2)O1. The minimum Gasteiger partial charge on any atom is -0.491 e. The van der Waals surface area contributed by atoms with Gasteiger partial charge in [-0.25, -0.2) is 0 Å². The highest BCUT2D eigenvalue weighted by Crippen LogP contribution is 2.35. The zero-order valence-corrected chi connectivity index (χ0v) is 21.8. The number of rotatable bonds is 12. The molecule has 37 heavy (non-hydrogen) atoms. The Morgan fingerprint density at radius 2 is 1.65 bits per heavy atom. The number of aliphatic hydroxyl groups is 1. The van der Waals surface area contributed by atoms with Gasteiger partial charge in [-0.15, -0.1) is 0 Å². The fourth-order valence-corrected chi connectivity index (χ4v) is 4.88. The molecule has 1 aliphatic heterocycles. The van der Waals surface area contributed by atoms with E-state index in [9.17, 15) is 5.11 Å². The van der Waals surface area contributed by atoms with Crippen molar-refractivity contribution in [2.45, 2.75) is 63.1 Å². The van der Waals surface area contributed by atoms with E-state index in [0.29, 0.717) is 38.8 Å². The molecule has 0 amide bonds. The van der Waals surface area contributed by atoms with Crippen LogP contribution < -0.4 is 4.74 Å². The predicted molar refractivity (Wildman–Crippen MR) is 144 cm³/mol. The molecule has 1 saturated heterocycles. The molecule has 3 atom stereocenters. The van der Waals surface area contributed by atoms with Crippen LogP contribution >= 0.6 is 11.6 Å². The van der Waals surface area contributed by atoms with Gasteiger partial charge < -0.3 is 24.1 Å². The molecule has 5 rings (SSSR count). The minimum absolute atomic E-state index is 0.0115. The standard InChI is InChI=1S/C31H35ClO5/c32-30-13-8-24(31-19-28(18-29(20-33)37-31)36-21-23-4-2-1-3-5-23)17-25(30)16-22-6-9-26(10-7-22)34-14-15-35-27-11-12-27/h1-10,13,17,27-29,31,33H,11-12,14-16,18-21H2/t28-,29-,31+/m0/s1. The molecule has 0 aromatic heterocycles. The number of ether oxygens (including phenoxy) is 4. The molecule has 0 spiro atoms. The Morgan fingerprint density at radius 3 is 2.41 bits per heavy atom. The molecule has 1 saturated carbocycles. The highest BCUT2D eigenvalue weighted by molar-refractivity contribution is 6.31. The molecule has 1 heterocycles. The number of hydrogen-bond acceptors (Lipinski definition) is 5.